The van der Waals surface area contributed by atoms with Crippen LogP contribution in [0.25, 0.3) is 0 Å². The van der Waals surface area contributed by atoms with E-state index < -0.39 is 6.17 Å². The molecule has 1 aliphatic rings. The fourth-order valence-corrected chi connectivity index (χ4v) is 3.05. The molecular weight excluding hydrogens is 304 g/mol. The van der Waals surface area contributed by atoms with Gasteiger partial charge in [0.1, 0.15) is 11.9 Å². The van der Waals surface area contributed by atoms with Crippen LogP contribution in [0.4, 0.5) is 5.69 Å². The number of aldehydes is 1. The second kappa shape index (κ2) is 6.00. The van der Waals surface area contributed by atoms with Crippen molar-refractivity contribution in [1.82, 2.24) is 4.90 Å². The molecule has 1 heterocycles. The number of hydrogen-bond donors (Lipinski definition) is 2. The fourth-order valence-electron chi connectivity index (χ4n) is 3.05. The van der Waals surface area contributed by atoms with E-state index in [1.54, 1.807) is 24.1 Å². The summed E-state index contributed by atoms with van der Waals surface area (Å²) in [5, 5.41) is 13.6. The highest BCUT2D eigenvalue weighted by Gasteiger charge is 2.31. The minimum atomic E-state index is -0.399. The third kappa shape index (κ3) is 2.52. The molecular formula is C19H20N2O3. The van der Waals surface area contributed by atoms with Crippen molar-refractivity contribution in [2.75, 3.05) is 12.4 Å². The zero-order valence-corrected chi connectivity index (χ0v) is 13.9. The molecule has 2 aromatic carbocycles. The van der Waals surface area contributed by atoms with Gasteiger partial charge in [0, 0.05) is 12.7 Å². The summed E-state index contributed by atoms with van der Waals surface area (Å²) in [6, 6.07) is 10.8. The van der Waals surface area contributed by atoms with Gasteiger partial charge in [-0.3, -0.25) is 9.59 Å². The van der Waals surface area contributed by atoms with Crippen LogP contribution in [0.15, 0.2) is 36.4 Å². The maximum atomic E-state index is 12.6. The summed E-state index contributed by atoms with van der Waals surface area (Å²) >= 11 is 0. The second-order valence-electron chi connectivity index (χ2n) is 6.33. The van der Waals surface area contributed by atoms with E-state index in [4.69, 9.17) is 0 Å². The Labute approximate surface area is 140 Å². The van der Waals surface area contributed by atoms with Crippen LogP contribution in [0.5, 0.6) is 5.75 Å². The maximum absolute atomic E-state index is 12.6. The summed E-state index contributed by atoms with van der Waals surface area (Å²) in [6.45, 7) is 3.90. The van der Waals surface area contributed by atoms with E-state index >= 15 is 0 Å². The van der Waals surface area contributed by atoms with Gasteiger partial charge in [-0.15, -0.1) is 0 Å². The quantitative estimate of drug-likeness (QED) is 0.848. The van der Waals surface area contributed by atoms with Crippen LogP contribution in [0.1, 0.15) is 57.8 Å². The minimum absolute atomic E-state index is 0.00828. The smallest absolute Gasteiger partial charge is 0.257 e. The van der Waals surface area contributed by atoms with E-state index in [0.717, 1.165) is 11.3 Å². The Morgan fingerprint density at radius 1 is 1.25 bits per heavy atom. The maximum Gasteiger partial charge on any atom is 0.257 e. The van der Waals surface area contributed by atoms with Crippen molar-refractivity contribution >= 4 is 17.9 Å². The molecule has 1 amide bonds. The van der Waals surface area contributed by atoms with Crippen molar-refractivity contribution in [2.45, 2.75) is 25.9 Å². The lowest BCUT2D eigenvalue weighted by molar-refractivity contribution is 0.0735. The number of aromatic hydroxyl groups is 1. The Bertz CT molecular complexity index is 814. The van der Waals surface area contributed by atoms with Gasteiger partial charge >= 0.3 is 0 Å². The van der Waals surface area contributed by atoms with Crippen LogP contribution in [-0.4, -0.2) is 29.2 Å². The molecule has 0 saturated heterocycles. The standard InChI is InChI=1S/C19H20N2O3/c1-11(2)15-9-12(8-13(10-22)17(15)23)18-20-16-7-5-4-6-14(16)19(24)21(18)3/h4-11,18,20,23H,1-3H3. The van der Waals surface area contributed by atoms with Crippen molar-refractivity contribution in [2.24, 2.45) is 0 Å². The lowest BCUT2D eigenvalue weighted by atomic mass is 9.94. The number of carbonyl (C=O) groups excluding carboxylic acids is 2. The monoisotopic (exact) mass is 324 g/mol. The van der Waals surface area contributed by atoms with E-state index in [2.05, 4.69) is 5.32 Å². The largest absolute Gasteiger partial charge is 0.507 e. The Morgan fingerprint density at radius 3 is 2.62 bits per heavy atom. The van der Waals surface area contributed by atoms with Gasteiger partial charge in [0.25, 0.3) is 5.91 Å². The molecule has 0 spiro atoms. The zero-order valence-electron chi connectivity index (χ0n) is 13.9. The first-order valence-electron chi connectivity index (χ1n) is 7.88. The first-order valence-corrected chi connectivity index (χ1v) is 7.88. The molecule has 24 heavy (non-hydrogen) atoms. The SMILES string of the molecule is CC(C)c1cc(C2Nc3ccccc3C(=O)N2C)cc(C=O)c1O. The third-order valence-electron chi connectivity index (χ3n) is 4.41. The van der Waals surface area contributed by atoms with Crippen LogP contribution >= 0.6 is 0 Å². The van der Waals surface area contributed by atoms with Gasteiger partial charge < -0.3 is 15.3 Å². The minimum Gasteiger partial charge on any atom is -0.507 e. The van der Waals surface area contributed by atoms with Crippen LogP contribution < -0.4 is 5.32 Å². The van der Waals surface area contributed by atoms with Crippen molar-refractivity contribution in [3.05, 3.63) is 58.7 Å². The highest BCUT2D eigenvalue weighted by molar-refractivity contribution is 6.01. The third-order valence-corrected chi connectivity index (χ3v) is 4.41. The molecule has 1 unspecified atom stereocenters. The number of phenols is 1. The van der Waals surface area contributed by atoms with Gasteiger partial charge in [0.2, 0.25) is 0 Å². The molecule has 0 bridgehead atoms. The van der Waals surface area contributed by atoms with Crippen LogP contribution in [0, 0.1) is 0 Å². The van der Waals surface area contributed by atoms with Crippen LogP contribution in [0.3, 0.4) is 0 Å². The van der Waals surface area contributed by atoms with E-state index in [1.165, 1.54) is 0 Å². The molecule has 124 valence electrons. The first kappa shape index (κ1) is 16.1. The highest BCUT2D eigenvalue weighted by atomic mass is 16.3. The molecule has 1 aliphatic heterocycles. The topological polar surface area (TPSA) is 69.6 Å². The number of anilines is 1. The van der Waals surface area contributed by atoms with E-state index in [1.807, 2.05) is 38.1 Å². The number of phenolic OH excluding ortho intramolecular Hbond substituents is 1. The molecule has 5 heteroatoms. The average molecular weight is 324 g/mol. The highest BCUT2D eigenvalue weighted by Crippen LogP contribution is 2.36. The summed E-state index contributed by atoms with van der Waals surface area (Å²) in [5.41, 5.74) is 3.07. The summed E-state index contributed by atoms with van der Waals surface area (Å²) < 4.78 is 0. The lowest BCUT2D eigenvalue weighted by Crippen LogP contribution is -2.40. The van der Waals surface area contributed by atoms with Crippen molar-refractivity contribution in [1.29, 1.82) is 0 Å². The number of amides is 1. The molecule has 0 fully saturated rings. The first-order chi connectivity index (χ1) is 11.4. The molecule has 0 aliphatic carbocycles. The van der Waals surface area contributed by atoms with Crippen LogP contribution in [0.2, 0.25) is 0 Å². The molecule has 3 rings (SSSR count). The summed E-state index contributed by atoms with van der Waals surface area (Å²) in [4.78, 5) is 25.5. The number of fused-ring (bicyclic) bond motifs is 1. The summed E-state index contributed by atoms with van der Waals surface area (Å²) in [6.07, 6.45) is 0.243. The predicted molar refractivity (Wildman–Crippen MR) is 92.5 cm³/mol. The molecule has 5 nitrogen and oxygen atoms in total. The van der Waals surface area contributed by atoms with Crippen LogP contribution in [-0.2, 0) is 0 Å². The van der Waals surface area contributed by atoms with E-state index in [-0.39, 0.29) is 23.1 Å². The van der Waals surface area contributed by atoms with Gasteiger partial charge in [0.05, 0.1) is 11.1 Å². The summed E-state index contributed by atoms with van der Waals surface area (Å²) in [7, 11) is 1.72. The Hall–Kier alpha value is -2.82. The van der Waals surface area contributed by atoms with Crippen molar-refractivity contribution in [3.63, 3.8) is 0 Å². The number of benzene rings is 2. The summed E-state index contributed by atoms with van der Waals surface area (Å²) in [5.74, 6) is -0.0179. The predicted octanol–water partition coefficient (Wildman–Crippen LogP) is 3.52. The molecule has 0 aromatic heterocycles. The lowest BCUT2D eigenvalue weighted by Gasteiger charge is -2.36. The van der Waals surface area contributed by atoms with E-state index in [0.29, 0.717) is 17.4 Å². The molecule has 2 aromatic rings. The Kier molecular flexibility index (Phi) is 4.01. The average Bonchev–Trinajstić information content (AvgIpc) is 2.58. The number of nitrogens with one attached hydrogen (secondary N) is 1. The van der Waals surface area contributed by atoms with Gasteiger partial charge in [-0.2, -0.15) is 0 Å². The molecule has 0 radical (unpaired) electrons. The Morgan fingerprint density at radius 2 is 1.96 bits per heavy atom. The zero-order chi connectivity index (χ0) is 17.4. The molecule has 1 atom stereocenters. The number of carbonyl (C=O) groups is 2. The van der Waals surface area contributed by atoms with E-state index in [9.17, 15) is 14.7 Å². The molecule has 0 saturated carbocycles. The molecule has 2 N–H and O–H groups in total. The number of rotatable bonds is 3. The fraction of sp³-hybridized carbons (Fsp3) is 0.263. The normalized spacial score (nSPS) is 16.8. The van der Waals surface area contributed by atoms with Crippen molar-refractivity contribution in [3.8, 4) is 5.75 Å². The van der Waals surface area contributed by atoms with Gasteiger partial charge in [-0.05, 0) is 41.3 Å². The number of hydrogen-bond acceptors (Lipinski definition) is 4. The van der Waals surface area contributed by atoms with Gasteiger partial charge in [-0.1, -0.05) is 26.0 Å². The number of nitrogens with zero attached hydrogens (tertiary/aromatic N) is 1. The Balaban J connectivity index is 2.11. The van der Waals surface area contributed by atoms with Gasteiger partial charge in [-0.25, -0.2) is 0 Å². The van der Waals surface area contributed by atoms with Crippen molar-refractivity contribution < 1.29 is 14.7 Å². The second-order valence-corrected chi connectivity index (χ2v) is 6.33. The number of para-hydroxylation sites is 1. The van der Waals surface area contributed by atoms with Gasteiger partial charge in [0.15, 0.2) is 6.29 Å².